The predicted octanol–water partition coefficient (Wildman–Crippen LogP) is 3.55. The lowest BCUT2D eigenvalue weighted by Gasteiger charge is -2.03. The second kappa shape index (κ2) is 4.49. The average molecular weight is 235 g/mol. The number of carbonyl (C=O) groups excluding carboxylic acids is 1. The van der Waals surface area contributed by atoms with Crippen molar-refractivity contribution >= 4 is 17.4 Å². The molecule has 15 heavy (non-hydrogen) atoms. The fraction of sp³-hybridized carbons (Fsp3) is 0.100. The third-order valence-electron chi connectivity index (χ3n) is 1.59. The topological polar surface area (TPSA) is 17.1 Å². The van der Waals surface area contributed by atoms with Crippen molar-refractivity contribution in [2.45, 2.75) is 6.18 Å². The highest BCUT2D eigenvalue weighted by atomic mass is 35.5. The van der Waals surface area contributed by atoms with E-state index < -0.39 is 17.0 Å². The SMILES string of the molecule is O=C(C=C(Cl)C(F)(F)F)c1ccccc1. The quantitative estimate of drug-likeness (QED) is 0.565. The Morgan fingerprint density at radius 1 is 1.20 bits per heavy atom. The van der Waals surface area contributed by atoms with Crippen LogP contribution in [0.15, 0.2) is 41.4 Å². The van der Waals surface area contributed by atoms with Crippen molar-refractivity contribution in [3.8, 4) is 0 Å². The minimum absolute atomic E-state index is 0.167. The Morgan fingerprint density at radius 3 is 2.20 bits per heavy atom. The van der Waals surface area contributed by atoms with E-state index >= 15 is 0 Å². The van der Waals surface area contributed by atoms with Crippen molar-refractivity contribution in [3.05, 3.63) is 47.0 Å². The number of hydrogen-bond acceptors (Lipinski definition) is 1. The normalized spacial score (nSPS) is 12.7. The van der Waals surface area contributed by atoms with Gasteiger partial charge in [-0.25, -0.2) is 0 Å². The molecule has 1 aromatic carbocycles. The average Bonchev–Trinajstić information content (AvgIpc) is 2.17. The van der Waals surface area contributed by atoms with Gasteiger partial charge in [-0.3, -0.25) is 4.79 Å². The highest BCUT2D eigenvalue weighted by Crippen LogP contribution is 2.28. The van der Waals surface area contributed by atoms with Crippen LogP contribution < -0.4 is 0 Å². The zero-order valence-electron chi connectivity index (χ0n) is 7.38. The largest absolute Gasteiger partial charge is 0.427 e. The third-order valence-corrected chi connectivity index (χ3v) is 1.91. The van der Waals surface area contributed by atoms with E-state index in [0.29, 0.717) is 6.08 Å². The summed E-state index contributed by atoms with van der Waals surface area (Å²) >= 11 is 4.92. The van der Waals surface area contributed by atoms with Crippen LogP contribution in [0, 0.1) is 0 Å². The Bertz CT molecular complexity index is 381. The zero-order chi connectivity index (χ0) is 11.5. The van der Waals surface area contributed by atoms with E-state index in [1.54, 1.807) is 18.2 Å². The van der Waals surface area contributed by atoms with Gasteiger partial charge in [0.2, 0.25) is 0 Å². The lowest BCUT2D eigenvalue weighted by atomic mass is 10.1. The number of hydrogen-bond donors (Lipinski definition) is 0. The van der Waals surface area contributed by atoms with Gasteiger partial charge in [0.05, 0.1) is 0 Å². The molecule has 0 unspecified atom stereocenters. The first-order valence-corrected chi connectivity index (χ1v) is 4.33. The summed E-state index contributed by atoms with van der Waals surface area (Å²) < 4.78 is 35.9. The number of carbonyl (C=O) groups is 1. The highest BCUT2D eigenvalue weighted by molar-refractivity contribution is 6.32. The molecule has 0 spiro atoms. The molecule has 0 saturated carbocycles. The van der Waals surface area contributed by atoms with Crippen LogP contribution in [0.5, 0.6) is 0 Å². The van der Waals surface area contributed by atoms with Crippen LogP contribution in [0.25, 0.3) is 0 Å². The summed E-state index contributed by atoms with van der Waals surface area (Å²) in [6, 6.07) is 7.61. The molecule has 0 aliphatic heterocycles. The Balaban J connectivity index is 2.90. The zero-order valence-corrected chi connectivity index (χ0v) is 8.14. The summed E-state index contributed by atoms with van der Waals surface area (Å²) in [4.78, 5) is 11.2. The Morgan fingerprint density at radius 2 is 1.73 bits per heavy atom. The molecule has 0 atom stereocenters. The molecule has 80 valence electrons. The lowest BCUT2D eigenvalue weighted by molar-refractivity contribution is -0.0845. The number of allylic oxidation sites excluding steroid dienone is 2. The molecule has 0 fully saturated rings. The Hall–Kier alpha value is -1.29. The maximum atomic E-state index is 12.0. The van der Waals surface area contributed by atoms with Gasteiger partial charge >= 0.3 is 6.18 Å². The number of alkyl halides is 3. The van der Waals surface area contributed by atoms with Crippen LogP contribution in [0.2, 0.25) is 0 Å². The van der Waals surface area contributed by atoms with Gasteiger partial charge in [-0.15, -0.1) is 0 Å². The van der Waals surface area contributed by atoms with E-state index in [1.165, 1.54) is 12.1 Å². The molecule has 0 bridgehead atoms. The molecule has 0 N–H and O–H groups in total. The monoisotopic (exact) mass is 234 g/mol. The number of benzene rings is 1. The number of ketones is 1. The van der Waals surface area contributed by atoms with Gasteiger partial charge in [0.15, 0.2) is 5.78 Å². The third kappa shape index (κ3) is 3.40. The van der Waals surface area contributed by atoms with Gasteiger partial charge in [0.1, 0.15) is 5.03 Å². The first-order valence-electron chi connectivity index (χ1n) is 3.95. The molecule has 0 aromatic heterocycles. The summed E-state index contributed by atoms with van der Waals surface area (Å²) in [5.41, 5.74) is 0.167. The van der Waals surface area contributed by atoms with Gasteiger partial charge in [-0.05, 0) is 0 Å². The highest BCUT2D eigenvalue weighted by Gasteiger charge is 2.32. The second-order valence-corrected chi connectivity index (χ2v) is 3.13. The molecular weight excluding hydrogens is 229 g/mol. The van der Waals surface area contributed by atoms with Crippen molar-refractivity contribution in [1.29, 1.82) is 0 Å². The van der Waals surface area contributed by atoms with Crippen molar-refractivity contribution in [1.82, 2.24) is 0 Å². The van der Waals surface area contributed by atoms with Crippen molar-refractivity contribution in [2.75, 3.05) is 0 Å². The second-order valence-electron chi connectivity index (χ2n) is 2.72. The minimum atomic E-state index is -4.67. The molecule has 1 nitrogen and oxygen atoms in total. The lowest BCUT2D eigenvalue weighted by Crippen LogP contribution is -2.09. The van der Waals surface area contributed by atoms with Crippen LogP contribution in [0.4, 0.5) is 13.2 Å². The van der Waals surface area contributed by atoms with Crippen LogP contribution in [-0.4, -0.2) is 12.0 Å². The summed E-state index contributed by atoms with van der Waals surface area (Å²) in [5, 5.41) is -1.42. The van der Waals surface area contributed by atoms with E-state index in [9.17, 15) is 18.0 Å². The van der Waals surface area contributed by atoms with E-state index in [2.05, 4.69) is 0 Å². The van der Waals surface area contributed by atoms with Crippen LogP contribution in [0.1, 0.15) is 10.4 Å². The van der Waals surface area contributed by atoms with E-state index in [4.69, 9.17) is 11.6 Å². The van der Waals surface area contributed by atoms with E-state index in [0.717, 1.165) is 0 Å². The van der Waals surface area contributed by atoms with Crippen molar-refractivity contribution in [3.63, 3.8) is 0 Å². The summed E-state index contributed by atoms with van der Waals surface area (Å²) in [6.45, 7) is 0. The van der Waals surface area contributed by atoms with Gasteiger partial charge in [0.25, 0.3) is 0 Å². The molecule has 0 radical (unpaired) electrons. The van der Waals surface area contributed by atoms with Crippen LogP contribution in [0.3, 0.4) is 0 Å². The number of halogens is 4. The molecule has 0 heterocycles. The van der Waals surface area contributed by atoms with Crippen LogP contribution >= 0.6 is 11.6 Å². The molecule has 0 amide bonds. The van der Waals surface area contributed by atoms with Crippen molar-refractivity contribution < 1.29 is 18.0 Å². The fourth-order valence-corrected chi connectivity index (χ4v) is 0.982. The van der Waals surface area contributed by atoms with Gasteiger partial charge in [0, 0.05) is 11.6 Å². The van der Waals surface area contributed by atoms with Gasteiger partial charge < -0.3 is 0 Å². The molecule has 1 rings (SSSR count). The summed E-state index contributed by atoms with van der Waals surface area (Å²) in [6.07, 6.45) is -4.30. The minimum Gasteiger partial charge on any atom is -0.289 e. The smallest absolute Gasteiger partial charge is 0.289 e. The molecule has 1 aromatic rings. The fourth-order valence-electron chi connectivity index (χ4n) is 0.883. The van der Waals surface area contributed by atoms with Gasteiger partial charge in [-0.2, -0.15) is 13.2 Å². The van der Waals surface area contributed by atoms with E-state index in [1.807, 2.05) is 0 Å². The Labute approximate surface area is 89.2 Å². The van der Waals surface area contributed by atoms with Crippen LogP contribution in [-0.2, 0) is 0 Å². The van der Waals surface area contributed by atoms with Crippen molar-refractivity contribution in [2.24, 2.45) is 0 Å². The van der Waals surface area contributed by atoms with Gasteiger partial charge in [-0.1, -0.05) is 41.9 Å². The molecule has 0 aliphatic carbocycles. The summed E-state index contributed by atoms with van der Waals surface area (Å²) in [7, 11) is 0. The Kier molecular flexibility index (Phi) is 3.52. The number of rotatable bonds is 2. The molecule has 5 heteroatoms. The van der Waals surface area contributed by atoms with E-state index in [-0.39, 0.29) is 5.56 Å². The summed E-state index contributed by atoms with van der Waals surface area (Å²) in [5.74, 6) is -0.766. The molecule has 0 aliphatic rings. The first kappa shape index (κ1) is 11.8. The maximum Gasteiger partial charge on any atom is 0.427 e. The first-order chi connectivity index (χ1) is 6.91. The maximum absolute atomic E-state index is 12.0. The molecular formula is C10H6ClF3O. The predicted molar refractivity (Wildman–Crippen MR) is 50.8 cm³/mol. The molecule has 0 saturated heterocycles. The standard InChI is InChI=1S/C10H6ClF3O/c11-9(10(12,13)14)6-8(15)7-4-2-1-3-5-7/h1-6H.